The number of halogens is 1. The molecule has 1 aliphatic carbocycles. The molecule has 0 radical (unpaired) electrons. The summed E-state index contributed by atoms with van der Waals surface area (Å²) in [6.07, 6.45) is 3.82. The maximum Gasteiger partial charge on any atom is 0.125 e. The monoisotopic (exact) mass is 269 g/mol. The van der Waals surface area contributed by atoms with Crippen molar-refractivity contribution in [3.63, 3.8) is 0 Å². The molecule has 2 N–H and O–H groups in total. The van der Waals surface area contributed by atoms with Gasteiger partial charge in [-0.1, -0.05) is 30.5 Å². The van der Waals surface area contributed by atoms with Crippen LogP contribution in [0.25, 0.3) is 0 Å². The summed E-state index contributed by atoms with van der Waals surface area (Å²) in [4.78, 5) is 0. The highest BCUT2D eigenvalue weighted by atomic mass is 35.5. The second kappa shape index (κ2) is 5.91. The SMILES string of the molecule is CNCc1c(Cl)cccc1OCC1(O)CCCC1. The van der Waals surface area contributed by atoms with Crippen LogP contribution in [-0.2, 0) is 6.54 Å². The molecular formula is C14H20ClNO2. The minimum absolute atomic E-state index is 0.351. The average Bonchev–Trinajstić information content (AvgIpc) is 2.78. The van der Waals surface area contributed by atoms with Gasteiger partial charge in [-0.15, -0.1) is 0 Å². The van der Waals surface area contributed by atoms with Crippen molar-refractivity contribution >= 4 is 11.6 Å². The molecule has 0 aliphatic heterocycles. The first-order valence-corrected chi connectivity index (χ1v) is 6.80. The lowest BCUT2D eigenvalue weighted by molar-refractivity contribution is 0.00112. The molecule has 1 aromatic rings. The summed E-state index contributed by atoms with van der Waals surface area (Å²) in [5.74, 6) is 0.761. The van der Waals surface area contributed by atoms with E-state index in [9.17, 15) is 5.11 Å². The van der Waals surface area contributed by atoms with E-state index in [0.29, 0.717) is 18.2 Å². The van der Waals surface area contributed by atoms with Crippen LogP contribution in [0.5, 0.6) is 5.75 Å². The first kappa shape index (κ1) is 13.7. The quantitative estimate of drug-likeness (QED) is 0.864. The van der Waals surface area contributed by atoms with Crippen LogP contribution in [-0.4, -0.2) is 24.4 Å². The standard InChI is InChI=1S/C14H20ClNO2/c1-16-9-11-12(15)5-4-6-13(11)18-10-14(17)7-2-3-8-14/h4-6,16-17H,2-3,7-10H2,1H3. The number of ether oxygens (including phenoxy) is 1. The highest BCUT2D eigenvalue weighted by Gasteiger charge is 2.32. The van der Waals surface area contributed by atoms with Crippen molar-refractivity contribution in [2.24, 2.45) is 0 Å². The van der Waals surface area contributed by atoms with Crippen LogP contribution in [0.3, 0.4) is 0 Å². The minimum Gasteiger partial charge on any atom is -0.490 e. The van der Waals surface area contributed by atoms with E-state index in [1.54, 1.807) is 0 Å². The Bertz CT molecular complexity index is 403. The van der Waals surface area contributed by atoms with Crippen molar-refractivity contribution in [2.75, 3.05) is 13.7 Å². The predicted molar refractivity (Wildman–Crippen MR) is 73.1 cm³/mol. The van der Waals surface area contributed by atoms with E-state index in [4.69, 9.17) is 16.3 Å². The maximum atomic E-state index is 10.3. The Kier molecular flexibility index (Phi) is 4.49. The number of benzene rings is 1. The molecule has 1 aliphatic rings. The summed E-state index contributed by atoms with van der Waals surface area (Å²) in [5.41, 5.74) is 0.294. The Morgan fingerprint density at radius 3 is 2.78 bits per heavy atom. The second-order valence-electron chi connectivity index (χ2n) is 4.97. The van der Waals surface area contributed by atoms with Crippen molar-refractivity contribution in [1.82, 2.24) is 5.32 Å². The fourth-order valence-electron chi connectivity index (χ4n) is 2.41. The van der Waals surface area contributed by atoms with Crippen molar-refractivity contribution in [3.05, 3.63) is 28.8 Å². The molecule has 3 nitrogen and oxygen atoms in total. The third-order valence-corrected chi connectivity index (χ3v) is 3.81. The number of hydrogen-bond acceptors (Lipinski definition) is 3. The van der Waals surface area contributed by atoms with Gasteiger partial charge in [0.15, 0.2) is 0 Å². The summed E-state index contributed by atoms with van der Waals surface area (Å²) < 4.78 is 5.78. The minimum atomic E-state index is -0.654. The third kappa shape index (κ3) is 3.16. The molecule has 1 aromatic carbocycles. The second-order valence-corrected chi connectivity index (χ2v) is 5.37. The Hall–Kier alpha value is -0.770. The van der Waals surface area contributed by atoms with Gasteiger partial charge in [-0.2, -0.15) is 0 Å². The summed E-state index contributed by atoms with van der Waals surface area (Å²) in [5, 5.41) is 14.0. The van der Waals surface area contributed by atoms with Gasteiger partial charge in [-0.05, 0) is 32.0 Å². The molecule has 0 atom stereocenters. The third-order valence-electron chi connectivity index (χ3n) is 3.46. The Morgan fingerprint density at radius 2 is 2.11 bits per heavy atom. The topological polar surface area (TPSA) is 41.5 Å². The largest absolute Gasteiger partial charge is 0.490 e. The van der Waals surface area contributed by atoms with Gasteiger partial charge in [-0.25, -0.2) is 0 Å². The molecule has 0 amide bonds. The van der Waals surface area contributed by atoms with Crippen LogP contribution in [0.2, 0.25) is 5.02 Å². The fraction of sp³-hybridized carbons (Fsp3) is 0.571. The van der Waals surface area contributed by atoms with Crippen LogP contribution in [0.15, 0.2) is 18.2 Å². The Morgan fingerprint density at radius 1 is 1.39 bits per heavy atom. The van der Waals surface area contributed by atoms with Crippen LogP contribution >= 0.6 is 11.6 Å². The Labute approximate surface area is 113 Å². The van der Waals surface area contributed by atoms with E-state index in [0.717, 1.165) is 37.0 Å². The van der Waals surface area contributed by atoms with Gasteiger partial charge >= 0.3 is 0 Å². The molecule has 1 fully saturated rings. The number of nitrogens with one attached hydrogen (secondary N) is 1. The predicted octanol–water partition coefficient (Wildman–Crippen LogP) is 2.74. The van der Waals surface area contributed by atoms with E-state index in [-0.39, 0.29) is 0 Å². The Balaban J connectivity index is 2.06. The first-order chi connectivity index (χ1) is 8.64. The summed E-state index contributed by atoms with van der Waals surface area (Å²) in [6.45, 7) is 1.01. The highest BCUT2D eigenvalue weighted by Crippen LogP contribution is 2.32. The molecule has 18 heavy (non-hydrogen) atoms. The van der Waals surface area contributed by atoms with Crippen molar-refractivity contribution in [1.29, 1.82) is 0 Å². The summed E-state index contributed by atoms with van der Waals surface area (Å²) in [6, 6.07) is 5.62. The molecule has 0 bridgehead atoms. The zero-order valence-corrected chi connectivity index (χ0v) is 11.5. The molecule has 0 heterocycles. The molecule has 2 rings (SSSR count). The van der Waals surface area contributed by atoms with E-state index in [1.807, 2.05) is 25.2 Å². The average molecular weight is 270 g/mol. The molecule has 0 spiro atoms. The van der Waals surface area contributed by atoms with Gasteiger partial charge in [0, 0.05) is 17.1 Å². The van der Waals surface area contributed by atoms with E-state index >= 15 is 0 Å². The highest BCUT2D eigenvalue weighted by molar-refractivity contribution is 6.31. The lowest BCUT2D eigenvalue weighted by Gasteiger charge is -2.23. The van der Waals surface area contributed by atoms with Crippen molar-refractivity contribution in [3.8, 4) is 5.75 Å². The first-order valence-electron chi connectivity index (χ1n) is 6.42. The van der Waals surface area contributed by atoms with Gasteiger partial charge in [0.25, 0.3) is 0 Å². The molecule has 100 valence electrons. The van der Waals surface area contributed by atoms with E-state index in [1.165, 1.54) is 0 Å². The lowest BCUT2D eigenvalue weighted by atomic mass is 10.0. The van der Waals surface area contributed by atoms with Crippen LogP contribution < -0.4 is 10.1 Å². The van der Waals surface area contributed by atoms with Crippen LogP contribution in [0, 0.1) is 0 Å². The van der Waals surface area contributed by atoms with Gasteiger partial charge in [0.05, 0.1) is 5.60 Å². The molecule has 1 saturated carbocycles. The summed E-state index contributed by atoms with van der Waals surface area (Å²) >= 11 is 6.16. The lowest BCUT2D eigenvalue weighted by Crippen LogP contribution is -2.32. The van der Waals surface area contributed by atoms with Crippen molar-refractivity contribution in [2.45, 2.75) is 37.8 Å². The maximum absolute atomic E-state index is 10.3. The smallest absolute Gasteiger partial charge is 0.125 e. The van der Waals surface area contributed by atoms with E-state index < -0.39 is 5.60 Å². The van der Waals surface area contributed by atoms with Crippen molar-refractivity contribution < 1.29 is 9.84 Å². The van der Waals surface area contributed by atoms with E-state index in [2.05, 4.69) is 5.32 Å². The molecule has 0 aromatic heterocycles. The molecule has 0 unspecified atom stereocenters. The van der Waals surface area contributed by atoms with Gasteiger partial charge < -0.3 is 15.2 Å². The fourth-order valence-corrected chi connectivity index (χ4v) is 2.64. The van der Waals surface area contributed by atoms with Gasteiger partial charge in [0.2, 0.25) is 0 Å². The molecular weight excluding hydrogens is 250 g/mol. The van der Waals surface area contributed by atoms with Gasteiger partial charge in [-0.3, -0.25) is 0 Å². The number of hydrogen-bond donors (Lipinski definition) is 2. The van der Waals surface area contributed by atoms with Crippen LogP contribution in [0.4, 0.5) is 0 Å². The molecule has 0 saturated heterocycles. The molecule has 4 heteroatoms. The van der Waals surface area contributed by atoms with Gasteiger partial charge in [0.1, 0.15) is 12.4 Å². The normalized spacial score (nSPS) is 17.9. The zero-order valence-electron chi connectivity index (χ0n) is 10.7. The van der Waals surface area contributed by atoms with Crippen LogP contribution in [0.1, 0.15) is 31.2 Å². The number of rotatable bonds is 5. The summed E-state index contributed by atoms with van der Waals surface area (Å²) in [7, 11) is 1.87. The number of aliphatic hydroxyl groups is 1. The zero-order chi connectivity index (χ0) is 13.0.